The largest absolute Gasteiger partial charge is 0.493 e. The van der Waals surface area contributed by atoms with Crippen molar-refractivity contribution in [1.82, 2.24) is 4.57 Å². The van der Waals surface area contributed by atoms with E-state index in [1.165, 1.54) is 16.7 Å². The molecule has 0 radical (unpaired) electrons. The van der Waals surface area contributed by atoms with E-state index in [1.807, 2.05) is 50.2 Å². The van der Waals surface area contributed by atoms with Crippen LogP contribution in [0.15, 0.2) is 99.9 Å². The summed E-state index contributed by atoms with van der Waals surface area (Å²) in [6, 6.07) is 24.6. The lowest BCUT2D eigenvalue weighted by Gasteiger charge is -2.25. The van der Waals surface area contributed by atoms with Crippen LogP contribution in [0.3, 0.4) is 0 Å². The van der Waals surface area contributed by atoms with Crippen molar-refractivity contribution < 1.29 is 28.5 Å². The van der Waals surface area contributed by atoms with Crippen molar-refractivity contribution in [1.29, 1.82) is 0 Å². The first-order valence-corrected chi connectivity index (χ1v) is 16.8. The van der Waals surface area contributed by atoms with Crippen LogP contribution in [-0.4, -0.2) is 37.5 Å². The fourth-order valence-electron chi connectivity index (χ4n) is 5.85. The SMILES string of the molecule is CCOC(=O)C1=C(C)N=c2s/c(=C\c3ccc(OCc4ccc5ccccc5c4)c(OC)c3)c(=O)n2[C@@H]1c1ccc(OC(C)C)c(OC)c1. The molecule has 0 bridgehead atoms. The maximum absolute atomic E-state index is 14.2. The molecule has 0 unspecified atom stereocenters. The average Bonchev–Trinajstić information content (AvgIpc) is 3.40. The van der Waals surface area contributed by atoms with Crippen LogP contribution < -0.4 is 33.8 Å². The van der Waals surface area contributed by atoms with Crippen LogP contribution in [0.25, 0.3) is 16.8 Å². The van der Waals surface area contributed by atoms with Crippen molar-refractivity contribution >= 4 is 34.2 Å². The van der Waals surface area contributed by atoms with Crippen LogP contribution in [0.4, 0.5) is 0 Å². The van der Waals surface area contributed by atoms with Gasteiger partial charge in [0.05, 0.1) is 48.8 Å². The van der Waals surface area contributed by atoms with Crippen molar-refractivity contribution in [2.75, 3.05) is 20.8 Å². The van der Waals surface area contributed by atoms with Crippen LogP contribution >= 0.6 is 11.3 Å². The highest BCUT2D eigenvalue weighted by Crippen LogP contribution is 2.37. The smallest absolute Gasteiger partial charge is 0.338 e. The molecule has 0 saturated heterocycles. The molecule has 0 spiro atoms. The Morgan fingerprint density at radius 3 is 2.39 bits per heavy atom. The zero-order chi connectivity index (χ0) is 34.7. The van der Waals surface area contributed by atoms with E-state index >= 15 is 0 Å². The van der Waals surface area contributed by atoms with Gasteiger partial charge in [0, 0.05) is 0 Å². The van der Waals surface area contributed by atoms with Crippen molar-refractivity contribution in [2.24, 2.45) is 4.99 Å². The first-order valence-electron chi connectivity index (χ1n) is 16.0. The number of aromatic nitrogens is 1. The van der Waals surface area contributed by atoms with Crippen LogP contribution in [-0.2, 0) is 16.1 Å². The third-order valence-electron chi connectivity index (χ3n) is 8.08. The zero-order valence-electron chi connectivity index (χ0n) is 28.3. The summed E-state index contributed by atoms with van der Waals surface area (Å²) in [6.45, 7) is 7.91. The molecule has 0 N–H and O–H groups in total. The van der Waals surface area contributed by atoms with Crippen molar-refractivity contribution in [3.8, 4) is 23.0 Å². The summed E-state index contributed by atoms with van der Waals surface area (Å²) in [7, 11) is 3.14. The molecular formula is C39H38N2O7S. The lowest BCUT2D eigenvalue weighted by molar-refractivity contribution is -0.139. The highest BCUT2D eigenvalue weighted by Gasteiger charge is 2.34. The minimum Gasteiger partial charge on any atom is -0.493 e. The van der Waals surface area contributed by atoms with E-state index in [-0.39, 0.29) is 23.8 Å². The van der Waals surface area contributed by atoms with Gasteiger partial charge in [-0.05, 0) is 91.6 Å². The van der Waals surface area contributed by atoms with E-state index < -0.39 is 12.0 Å². The third-order valence-corrected chi connectivity index (χ3v) is 9.06. The summed E-state index contributed by atoms with van der Waals surface area (Å²) >= 11 is 1.25. The van der Waals surface area contributed by atoms with Gasteiger partial charge in [0.25, 0.3) is 5.56 Å². The van der Waals surface area contributed by atoms with E-state index in [2.05, 4.69) is 35.3 Å². The van der Waals surface area contributed by atoms with E-state index in [0.29, 0.717) is 50.2 Å². The molecule has 2 heterocycles. The Morgan fingerprint density at radius 1 is 0.918 bits per heavy atom. The fraction of sp³-hybridized carbons (Fsp3) is 0.256. The van der Waals surface area contributed by atoms with Gasteiger partial charge in [-0.1, -0.05) is 59.9 Å². The number of rotatable bonds is 11. The molecule has 0 saturated carbocycles. The molecule has 6 rings (SSSR count). The number of hydrogen-bond donors (Lipinski definition) is 0. The minimum absolute atomic E-state index is 0.0708. The lowest BCUT2D eigenvalue weighted by atomic mass is 9.95. The fourth-order valence-corrected chi connectivity index (χ4v) is 6.89. The van der Waals surface area contributed by atoms with Crippen LogP contribution in [0.5, 0.6) is 23.0 Å². The second-order valence-electron chi connectivity index (χ2n) is 11.8. The number of carbonyl (C=O) groups excluding carboxylic acids is 1. The van der Waals surface area contributed by atoms with Gasteiger partial charge in [-0.25, -0.2) is 9.79 Å². The summed E-state index contributed by atoms with van der Waals surface area (Å²) in [6.07, 6.45) is 1.72. The van der Waals surface area contributed by atoms with Gasteiger partial charge >= 0.3 is 5.97 Å². The molecule has 0 aliphatic carbocycles. The van der Waals surface area contributed by atoms with Gasteiger partial charge in [0.2, 0.25) is 0 Å². The molecule has 1 aliphatic rings. The van der Waals surface area contributed by atoms with Crippen molar-refractivity contribution in [3.63, 3.8) is 0 Å². The molecule has 4 aromatic carbocycles. The maximum atomic E-state index is 14.2. The van der Waals surface area contributed by atoms with Gasteiger partial charge in [-0.15, -0.1) is 0 Å². The molecular weight excluding hydrogens is 641 g/mol. The highest BCUT2D eigenvalue weighted by atomic mass is 32.1. The molecule has 10 heteroatoms. The number of thiazole rings is 1. The van der Waals surface area contributed by atoms with Gasteiger partial charge in [0.15, 0.2) is 27.8 Å². The molecule has 5 aromatic rings. The highest BCUT2D eigenvalue weighted by molar-refractivity contribution is 7.07. The monoisotopic (exact) mass is 678 g/mol. The molecule has 1 aromatic heterocycles. The van der Waals surface area contributed by atoms with Gasteiger partial charge < -0.3 is 23.7 Å². The summed E-state index contributed by atoms with van der Waals surface area (Å²) < 4.78 is 30.8. The maximum Gasteiger partial charge on any atom is 0.338 e. The number of benzene rings is 4. The summed E-state index contributed by atoms with van der Waals surface area (Å²) in [5, 5.41) is 2.32. The quantitative estimate of drug-likeness (QED) is 0.151. The second-order valence-corrected chi connectivity index (χ2v) is 12.8. The Balaban J connectivity index is 1.37. The first-order chi connectivity index (χ1) is 23.7. The number of ether oxygens (including phenoxy) is 5. The normalized spacial score (nSPS) is 14.4. The van der Waals surface area contributed by atoms with Crippen molar-refractivity contribution in [2.45, 2.75) is 46.4 Å². The van der Waals surface area contributed by atoms with E-state index in [9.17, 15) is 9.59 Å². The number of allylic oxidation sites excluding steroid dienone is 1. The Kier molecular flexibility index (Phi) is 9.87. The Bertz CT molecular complexity index is 2250. The molecule has 252 valence electrons. The third kappa shape index (κ3) is 6.96. The summed E-state index contributed by atoms with van der Waals surface area (Å²) in [5.41, 5.74) is 2.92. The average molecular weight is 679 g/mol. The Hall–Kier alpha value is -5.35. The summed E-state index contributed by atoms with van der Waals surface area (Å²) in [4.78, 5) is 32.7. The van der Waals surface area contributed by atoms with Crippen LogP contribution in [0.2, 0.25) is 0 Å². The van der Waals surface area contributed by atoms with E-state index in [1.54, 1.807) is 50.8 Å². The molecule has 0 amide bonds. The van der Waals surface area contributed by atoms with Crippen molar-refractivity contribution in [3.05, 3.63) is 127 Å². The number of esters is 1. The Labute approximate surface area is 288 Å². The van der Waals surface area contributed by atoms with Gasteiger partial charge in [-0.3, -0.25) is 9.36 Å². The second kappa shape index (κ2) is 14.4. The first kappa shape index (κ1) is 33.5. The Morgan fingerprint density at radius 2 is 1.65 bits per heavy atom. The van der Waals surface area contributed by atoms with Gasteiger partial charge in [0.1, 0.15) is 6.61 Å². The molecule has 0 fully saturated rings. The van der Waals surface area contributed by atoms with Gasteiger partial charge in [-0.2, -0.15) is 0 Å². The topological polar surface area (TPSA) is 97.6 Å². The molecule has 9 nitrogen and oxygen atoms in total. The van der Waals surface area contributed by atoms with Crippen LogP contribution in [0.1, 0.15) is 50.4 Å². The molecule has 1 atom stereocenters. The number of fused-ring (bicyclic) bond motifs is 2. The number of nitrogens with zero attached hydrogens (tertiary/aromatic N) is 2. The summed E-state index contributed by atoms with van der Waals surface area (Å²) in [5.74, 6) is 1.64. The van der Waals surface area contributed by atoms with Crippen LogP contribution in [0, 0.1) is 0 Å². The van der Waals surface area contributed by atoms with E-state index in [0.717, 1.165) is 16.5 Å². The molecule has 49 heavy (non-hydrogen) atoms. The number of carbonyl (C=O) groups is 1. The predicted octanol–water partition coefficient (Wildman–Crippen LogP) is 6.33. The number of hydrogen-bond acceptors (Lipinski definition) is 9. The molecule has 1 aliphatic heterocycles. The zero-order valence-corrected chi connectivity index (χ0v) is 29.1. The number of methoxy groups -OCH3 is 2. The van der Waals surface area contributed by atoms with E-state index in [4.69, 9.17) is 23.7 Å². The lowest BCUT2D eigenvalue weighted by Crippen LogP contribution is -2.40. The minimum atomic E-state index is -0.792. The standard InChI is InChI=1S/C39H38N2O7S/c1-7-46-38(43)35-24(4)40-39-41(36(35)29-15-17-31(48-23(2)3)33(21-29)45-6)37(42)34(49-39)20-25-13-16-30(32(19-25)44-5)47-22-26-12-14-27-10-8-9-11-28(27)18-26/h8-21,23,36H,7,22H2,1-6H3/b34-20-/t36-/m1/s1. The predicted molar refractivity (Wildman–Crippen MR) is 190 cm³/mol.